The van der Waals surface area contributed by atoms with Crippen molar-refractivity contribution in [3.63, 3.8) is 0 Å². The molecule has 1 atom stereocenters. The average Bonchev–Trinajstić information content (AvgIpc) is 2.89. The van der Waals surface area contributed by atoms with Gasteiger partial charge in [0.15, 0.2) is 5.16 Å². The van der Waals surface area contributed by atoms with Gasteiger partial charge in [-0.2, -0.15) is 9.97 Å². The first-order valence-electron chi connectivity index (χ1n) is 7.91. The minimum atomic E-state index is -1.54. The molecule has 0 saturated carbocycles. The quantitative estimate of drug-likeness (QED) is 0.624. The van der Waals surface area contributed by atoms with Crippen molar-refractivity contribution in [1.29, 1.82) is 0 Å². The number of nitrogens with zero attached hydrogens (tertiary/aromatic N) is 4. The maximum absolute atomic E-state index is 11.3. The lowest BCUT2D eigenvalue weighted by molar-refractivity contribution is 0.00820. The summed E-state index contributed by atoms with van der Waals surface area (Å²) < 4.78 is 1.54. The van der Waals surface area contributed by atoms with Crippen LogP contribution < -0.4 is 16.3 Å². The maximum Gasteiger partial charge on any atom is 0.234 e. The molecule has 0 bridgehead atoms. The molecule has 1 aromatic carbocycles. The first-order chi connectivity index (χ1) is 12.4. The van der Waals surface area contributed by atoms with Gasteiger partial charge in [0.1, 0.15) is 0 Å². The number of aliphatic hydroxyl groups is 1. The Kier molecular flexibility index (Phi) is 5.88. The molecule has 0 amide bonds. The van der Waals surface area contributed by atoms with Crippen molar-refractivity contribution in [3.05, 3.63) is 32.8 Å². The molecular weight excluding hydrogens is 419 g/mol. The van der Waals surface area contributed by atoms with Gasteiger partial charge < -0.3 is 15.7 Å². The zero-order valence-corrected chi connectivity index (χ0v) is 17.1. The summed E-state index contributed by atoms with van der Waals surface area (Å²) in [5.41, 5.74) is 0.731. The number of rotatable bonds is 5. The zero-order valence-electron chi connectivity index (χ0n) is 14.1. The highest BCUT2D eigenvalue weighted by atomic mass is 35.5. The van der Waals surface area contributed by atoms with Crippen molar-refractivity contribution in [2.45, 2.75) is 24.9 Å². The van der Waals surface area contributed by atoms with E-state index >= 15 is 0 Å². The number of nitrogens with one attached hydrogen (secondary N) is 2. The van der Waals surface area contributed by atoms with Gasteiger partial charge in [0.2, 0.25) is 17.4 Å². The third kappa shape index (κ3) is 3.75. The number of halogens is 3. The van der Waals surface area contributed by atoms with Gasteiger partial charge in [-0.15, -0.1) is 0 Å². The monoisotopic (exact) mass is 434 g/mol. The summed E-state index contributed by atoms with van der Waals surface area (Å²) in [5.74, 6) is -0.802. The van der Waals surface area contributed by atoms with Crippen molar-refractivity contribution in [3.8, 4) is 0 Å². The summed E-state index contributed by atoms with van der Waals surface area (Å²) >= 11 is 19.8. The third-order valence-corrected chi connectivity index (χ3v) is 5.43. The molecule has 3 rings (SSSR count). The van der Waals surface area contributed by atoms with Gasteiger partial charge in [-0.25, -0.2) is 4.57 Å². The van der Waals surface area contributed by atoms with E-state index in [1.807, 2.05) is 13.8 Å². The molecule has 1 aromatic heterocycles. The highest BCUT2D eigenvalue weighted by molar-refractivity contribution is 7.99. The molecule has 2 aromatic rings. The largest absolute Gasteiger partial charge is 0.354 e. The molecule has 1 aliphatic rings. The van der Waals surface area contributed by atoms with Crippen molar-refractivity contribution < 1.29 is 5.11 Å². The van der Waals surface area contributed by atoms with Gasteiger partial charge in [-0.1, -0.05) is 46.6 Å². The molecule has 7 nitrogen and oxygen atoms in total. The summed E-state index contributed by atoms with van der Waals surface area (Å²) in [6.07, 6.45) is 0. The average molecular weight is 436 g/mol. The van der Waals surface area contributed by atoms with Crippen LogP contribution in [-0.2, 0) is 5.85 Å². The zero-order chi connectivity index (χ0) is 18.9. The molecule has 1 aliphatic heterocycles. The normalized spacial score (nSPS) is 19.5. The Hall–Kier alpha value is -1.19. The Morgan fingerprint density at radius 2 is 1.96 bits per heavy atom. The van der Waals surface area contributed by atoms with Gasteiger partial charge in [0.25, 0.3) is 0 Å². The molecule has 0 saturated heterocycles. The number of fused-ring (bicyclic) bond motifs is 1. The summed E-state index contributed by atoms with van der Waals surface area (Å²) in [7, 11) is 0. The smallest absolute Gasteiger partial charge is 0.234 e. The fraction of sp³-hybridized carbons (Fsp3) is 0.400. The Labute approximate surface area is 169 Å². The number of hydrogen-bond acceptors (Lipinski definition) is 7. The lowest BCUT2D eigenvalue weighted by Crippen LogP contribution is -2.48. The summed E-state index contributed by atoms with van der Waals surface area (Å²) in [5, 5.41) is 18.9. The molecule has 0 radical (unpaired) electrons. The van der Waals surface area contributed by atoms with Crippen molar-refractivity contribution >= 4 is 58.2 Å². The second kappa shape index (κ2) is 7.82. The highest BCUT2D eigenvalue weighted by Gasteiger charge is 2.40. The van der Waals surface area contributed by atoms with Crippen LogP contribution in [0.2, 0.25) is 15.1 Å². The van der Waals surface area contributed by atoms with Crippen molar-refractivity contribution in [1.82, 2.24) is 14.5 Å². The van der Waals surface area contributed by atoms with Gasteiger partial charge >= 0.3 is 0 Å². The summed E-state index contributed by atoms with van der Waals surface area (Å²) in [6, 6.07) is 3.10. The van der Waals surface area contributed by atoms with Crippen molar-refractivity contribution in [2.75, 3.05) is 29.5 Å². The van der Waals surface area contributed by atoms with E-state index in [2.05, 4.69) is 25.6 Å². The first kappa shape index (κ1) is 19.6. The van der Waals surface area contributed by atoms with E-state index in [0.717, 1.165) is 0 Å². The van der Waals surface area contributed by atoms with Gasteiger partial charge in [0.05, 0.1) is 21.5 Å². The second-order valence-corrected chi connectivity index (χ2v) is 7.64. The Morgan fingerprint density at radius 3 is 2.58 bits per heavy atom. The fourth-order valence-electron chi connectivity index (χ4n) is 2.48. The lowest BCUT2D eigenvalue weighted by atomic mass is 10.3. The minimum Gasteiger partial charge on any atom is -0.354 e. The van der Waals surface area contributed by atoms with Gasteiger partial charge in [-0.3, -0.25) is 4.99 Å². The Bertz CT molecular complexity index is 882. The molecular formula is C15H17Cl3N6OS. The summed E-state index contributed by atoms with van der Waals surface area (Å²) in [4.78, 5) is 13.2. The van der Waals surface area contributed by atoms with E-state index in [4.69, 9.17) is 34.8 Å². The Balaban J connectivity index is 2.09. The predicted octanol–water partition coefficient (Wildman–Crippen LogP) is 3.41. The molecule has 3 N–H and O–H groups in total. The van der Waals surface area contributed by atoms with Crippen LogP contribution in [0.5, 0.6) is 0 Å². The number of thioether (sulfide) groups is 1. The van der Waals surface area contributed by atoms with E-state index in [-0.39, 0.29) is 5.75 Å². The number of hydrogen-bond donors (Lipinski definition) is 3. The van der Waals surface area contributed by atoms with E-state index in [9.17, 15) is 5.11 Å². The SMILES string of the molecule is CCN=c1nc(NCC)nc2n1[C@@](O)(Nc1c(Cl)cc(Cl)cc1Cl)CS2. The third-order valence-electron chi connectivity index (χ3n) is 3.54. The molecule has 140 valence electrons. The number of aromatic nitrogens is 3. The van der Waals surface area contributed by atoms with Crippen LogP contribution >= 0.6 is 46.6 Å². The van der Waals surface area contributed by atoms with Crippen LogP contribution in [0.15, 0.2) is 22.3 Å². The summed E-state index contributed by atoms with van der Waals surface area (Å²) in [6.45, 7) is 5.03. The van der Waals surface area contributed by atoms with Crippen LogP contribution in [0, 0.1) is 0 Å². The predicted molar refractivity (Wildman–Crippen MR) is 106 cm³/mol. The topological polar surface area (TPSA) is 87.4 Å². The van der Waals surface area contributed by atoms with Crippen LogP contribution in [0.1, 0.15) is 13.8 Å². The standard InChI is InChI=1S/C15H17Cl3N6OS/c1-3-19-12-21-13(20-4-2)24-14(22-12)26-7-15(24,25)23-11-9(17)5-8(16)6-10(11)18/h5-6,23,25H,3-4,7H2,1-2H3,(H,19,20,21)/t15-/m0/s1. The van der Waals surface area contributed by atoms with Crippen LogP contribution in [0.4, 0.5) is 11.6 Å². The van der Waals surface area contributed by atoms with Crippen LogP contribution in [0.3, 0.4) is 0 Å². The molecule has 0 aliphatic carbocycles. The molecule has 0 spiro atoms. The maximum atomic E-state index is 11.3. The molecule has 11 heteroatoms. The molecule has 0 fully saturated rings. The Morgan fingerprint density at radius 1 is 1.27 bits per heavy atom. The number of anilines is 2. The van der Waals surface area contributed by atoms with E-state index in [0.29, 0.717) is 50.6 Å². The molecule has 2 heterocycles. The lowest BCUT2D eigenvalue weighted by Gasteiger charge is -2.28. The number of benzene rings is 1. The minimum absolute atomic E-state index is 0.277. The van der Waals surface area contributed by atoms with Gasteiger partial charge in [-0.05, 0) is 26.0 Å². The van der Waals surface area contributed by atoms with Crippen LogP contribution in [-0.4, -0.2) is 38.5 Å². The highest BCUT2D eigenvalue weighted by Crippen LogP contribution is 2.39. The van der Waals surface area contributed by atoms with Crippen LogP contribution in [0.25, 0.3) is 0 Å². The van der Waals surface area contributed by atoms with E-state index in [1.54, 1.807) is 16.7 Å². The van der Waals surface area contributed by atoms with E-state index in [1.165, 1.54) is 11.8 Å². The second-order valence-electron chi connectivity index (χ2n) is 5.44. The fourth-order valence-corrected chi connectivity index (χ4v) is 4.44. The van der Waals surface area contributed by atoms with E-state index < -0.39 is 5.85 Å². The molecule has 0 unspecified atom stereocenters. The van der Waals surface area contributed by atoms with Gasteiger partial charge in [0, 0.05) is 18.1 Å². The first-order valence-corrected chi connectivity index (χ1v) is 10.0. The molecule has 26 heavy (non-hydrogen) atoms. The van der Waals surface area contributed by atoms with Crippen molar-refractivity contribution in [2.24, 2.45) is 4.99 Å².